The molecule has 3 rings (SSSR count). The Balaban J connectivity index is 1.86. The number of nitrogens with zero attached hydrogens (tertiary/aromatic N) is 2. The standard InChI is InChI=1S/C18H13ClF3N3O2/c1-25-10-13(16(24-25)18(20,21)22)17(26)23-14-4-2-3-5-15(14)27-12-8-6-11(19)7-9-12/h2-10H,1H3,(H,23,26). The topological polar surface area (TPSA) is 56.2 Å². The van der Waals surface area contributed by atoms with E-state index in [2.05, 4.69) is 10.4 Å². The summed E-state index contributed by atoms with van der Waals surface area (Å²) in [7, 11) is 1.31. The number of halogens is 4. The van der Waals surface area contributed by atoms with Crippen molar-refractivity contribution < 1.29 is 22.7 Å². The van der Waals surface area contributed by atoms with Crippen molar-refractivity contribution in [3.63, 3.8) is 0 Å². The molecule has 1 aromatic heterocycles. The molecule has 1 amide bonds. The quantitative estimate of drug-likeness (QED) is 0.665. The van der Waals surface area contributed by atoms with Crippen molar-refractivity contribution in [3.8, 4) is 11.5 Å². The van der Waals surface area contributed by atoms with Gasteiger partial charge in [-0.25, -0.2) is 0 Å². The fraction of sp³-hybridized carbons (Fsp3) is 0.111. The van der Waals surface area contributed by atoms with Crippen molar-refractivity contribution in [2.24, 2.45) is 7.05 Å². The number of benzene rings is 2. The molecule has 9 heteroatoms. The van der Waals surface area contributed by atoms with Gasteiger partial charge in [0.1, 0.15) is 5.75 Å². The first-order valence-corrected chi connectivity index (χ1v) is 8.06. The highest BCUT2D eigenvalue weighted by molar-refractivity contribution is 6.30. The number of nitrogens with one attached hydrogen (secondary N) is 1. The van der Waals surface area contributed by atoms with Crippen LogP contribution >= 0.6 is 11.6 Å². The monoisotopic (exact) mass is 395 g/mol. The lowest BCUT2D eigenvalue weighted by Crippen LogP contribution is -2.18. The van der Waals surface area contributed by atoms with Crippen molar-refractivity contribution in [1.82, 2.24) is 9.78 Å². The van der Waals surface area contributed by atoms with Crippen molar-refractivity contribution in [1.29, 1.82) is 0 Å². The third kappa shape index (κ3) is 4.40. The second-order valence-electron chi connectivity index (χ2n) is 5.57. The van der Waals surface area contributed by atoms with Gasteiger partial charge in [0, 0.05) is 18.3 Å². The molecule has 0 aliphatic heterocycles. The van der Waals surface area contributed by atoms with Crippen molar-refractivity contribution in [2.45, 2.75) is 6.18 Å². The summed E-state index contributed by atoms with van der Waals surface area (Å²) in [5.74, 6) is -0.216. The fourth-order valence-corrected chi connectivity index (χ4v) is 2.47. The first-order valence-electron chi connectivity index (χ1n) is 7.68. The number of rotatable bonds is 4. The molecular weight excluding hydrogens is 383 g/mol. The van der Waals surface area contributed by atoms with E-state index < -0.39 is 23.3 Å². The summed E-state index contributed by atoms with van der Waals surface area (Å²) >= 11 is 5.82. The second kappa shape index (κ2) is 7.32. The molecule has 27 heavy (non-hydrogen) atoms. The van der Waals surface area contributed by atoms with Gasteiger partial charge in [-0.15, -0.1) is 0 Å². The van der Waals surface area contributed by atoms with E-state index in [0.717, 1.165) is 10.9 Å². The molecule has 0 saturated heterocycles. The Hall–Kier alpha value is -3.00. The molecule has 1 heterocycles. The van der Waals surface area contributed by atoms with E-state index in [0.29, 0.717) is 10.8 Å². The van der Waals surface area contributed by atoms with Crippen LogP contribution in [-0.4, -0.2) is 15.7 Å². The average molecular weight is 396 g/mol. The molecular formula is C18H13ClF3N3O2. The Kier molecular flexibility index (Phi) is 5.09. The maximum absolute atomic E-state index is 13.1. The number of para-hydroxylation sites is 2. The molecule has 0 bridgehead atoms. The minimum absolute atomic E-state index is 0.217. The maximum atomic E-state index is 13.1. The lowest BCUT2D eigenvalue weighted by molar-refractivity contribution is -0.141. The Bertz CT molecular complexity index is 969. The average Bonchev–Trinajstić information content (AvgIpc) is 3.01. The van der Waals surface area contributed by atoms with Gasteiger partial charge in [-0.1, -0.05) is 23.7 Å². The van der Waals surface area contributed by atoms with Gasteiger partial charge in [0.25, 0.3) is 5.91 Å². The zero-order chi connectivity index (χ0) is 19.6. The van der Waals surface area contributed by atoms with Crippen LogP contribution < -0.4 is 10.1 Å². The van der Waals surface area contributed by atoms with Crippen molar-refractivity contribution in [3.05, 3.63) is 71.0 Å². The molecule has 0 spiro atoms. The van der Waals surface area contributed by atoms with E-state index in [9.17, 15) is 18.0 Å². The molecule has 5 nitrogen and oxygen atoms in total. The zero-order valence-electron chi connectivity index (χ0n) is 13.9. The van der Waals surface area contributed by atoms with Crippen LogP contribution in [0, 0.1) is 0 Å². The summed E-state index contributed by atoms with van der Waals surface area (Å²) in [6, 6.07) is 12.9. The van der Waals surface area contributed by atoms with Gasteiger partial charge < -0.3 is 10.1 Å². The largest absolute Gasteiger partial charge is 0.455 e. The van der Waals surface area contributed by atoms with Gasteiger partial charge >= 0.3 is 6.18 Å². The molecule has 0 aliphatic rings. The molecule has 140 valence electrons. The van der Waals surface area contributed by atoms with E-state index in [1.165, 1.54) is 13.1 Å². The maximum Gasteiger partial charge on any atom is 0.435 e. The van der Waals surface area contributed by atoms with Crippen LogP contribution in [0.2, 0.25) is 5.02 Å². The van der Waals surface area contributed by atoms with Gasteiger partial charge in [-0.2, -0.15) is 18.3 Å². The van der Waals surface area contributed by atoms with E-state index in [-0.39, 0.29) is 11.4 Å². The number of aryl methyl sites for hydroxylation is 1. The number of carbonyl (C=O) groups excluding carboxylic acids is 1. The summed E-state index contributed by atoms with van der Waals surface area (Å²) < 4.78 is 45.8. The SMILES string of the molecule is Cn1cc(C(=O)Nc2ccccc2Oc2ccc(Cl)cc2)c(C(F)(F)F)n1. The molecule has 1 N–H and O–H groups in total. The lowest BCUT2D eigenvalue weighted by atomic mass is 10.2. The molecule has 0 unspecified atom stereocenters. The van der Waals surface area contributed by atoms with Crippen LogP contribution in [0.25, 0.3) is 0 Å². The van der Waals surface area contributed by atoms with E-state index in [4.69, 9.17) is 16.3 Å². The lowest BCUT2D eigenvalue weighted by Gasteiger charge is -2.12. The zero-order valence-corrected chi connectivity index (χ0v) is 14.7. The Morgan fingerprint density at radius 1 is 1.15 bits per heavy atom. The predicted octanol–water partition coefficient (Wildman–Crippen LogP) is 5.14. The summed E-state index contributed by atoms with van der Waals surface area (Å²) in [5.41, 5.74) is -1.61. The highest BCUT2D eigenvalue weighted by Gasteiger charge is 2.39. The predicted molar refractivity (Wildman–Crippen MR) is 94.1 cm³/mol. The minimum atomic E-state index is -4.74. The third-order valence-corrected chi connectivity index (χ3v) is 3.77. The van der Waals surface area contributed by atoms with Crippen molar-refractivity contribution >= 4 is 23.2 Å². The molecule has 0 radical (unpaired) electrons. The number of aromatic nitrogens is 2. The molecule has 0 atom stereocenters. The van der Waals surface area contributed by atoms with Crippen molar-refractivity contribution in [2.75, 3.05) is 5.32 Å². The smallest absolute Gasteiger partial charge is 0.435 e. The molecule has 0 saturated carbocycles. The van der Waals surface area contributed by atoms with E-state index >= 15 is 0 Å². The van der Waals surface area contributed by atoms with Gasteiger partial charge in [-0.3, -0.25) is 9.48 Å². The van der Waals surface area contributed by atoms with E-state index in [1.807, 2.05) is 0 Å². The highest BCUT2D eigenvalue weighted by Crippen LogP contribution is 2.33. The molecule has 3 aromatic rings. The molecule has 0 fully saturated rings. The Labute approximate surface area is 157 Å². The van der Waals surface area contributed by atoms with Crippen LogP contribution in [0.15, 0.2) is 54.7 Å². The second-order valence-corrected chi connectivity index (χ2v) is 6.01. The summed E-state index contributed by atoms with van der Waals surface area (Å²) in [4.78, 5) is 12.4. The van der Waals surface area contributed by atoms with Crippen LogP contribution in [0.4, 0.5) is 18.9 Å². The number of hydrogen-bond donors (Lipinski definition) is 1. The third-order valence-electron chi connectivity index (χ3n) is 3.52. The number of hydrogen-bond acceptors (Lipinski definition) is 3. The Morgan fingerprint density at radius 3 is 2.48 bits per heavy atom. The number of ether oxygens (including phenoxy) is 1. The Morgan fingerprint density at radius 2 is 1.81 bits per heavy atom. The molecule has 0 aliphatic carbocycles. The highest BCUT2D eigenvalue weighted by atomic mass is 35.5. The van der Waals surface area contributed by atoms with Crippen LogP contribution in [-0.2, 0) is 13.2 Å². The fourth-order valence-electron chi connectivity index (χ4n) is 2.34. The van der Waals surface area contributed by atoms with Gasteiger partial charge in [-0.05, 0) is 36.4 Å². The van der Waals surface area contributed by atoms with Crippen LogP contribution in [0.5, 0.6) is 11.5 Å². The van der Waals surface area contributed by atoms with Gasteiger partial charge in [0.15, 0.2) is 11.4 Å². The summed E-state index contributed by atoms with van der Waals surface area (Å²) in [6.45, 7) is 0. The first-order chi connectivity index (χ1) is 12.7. The number of amides is 1. The summed E-state index contributed by atoms with van der Waals surface area (Å²) in [5, 5.41) is 6.30. The van der Waals surface area contributed by atoms with Gasteiger partial charge in [0.05, 0.1) is 11.3 Å². The van der Waals surface area contributed by atoms with E-state index in [1.54, 1.807) is 42.5 Å². The molecule has 2 aromatic carbocycles. The van der Waals surface area contributed by atoms with Crippen LogP contribution in [0.1, 0.15) is 16.1 Å². The normalized spacial score (nSPS) is 11.3. The number of alkyl halides is 3. The van der Waals surface area contributed by atoms with Crippen LogP contribution in [0.3, 0.4) is 0 Å². The van der Waals surface area contributed by atoms with Gasteiger partial charge in [0.2, 0.25) is 0 Å². The number of anilines is 1. The minimum Gasteiger partial charge on any atom is -0.455 e. The summed E-state index contributed by atoms with van der Waals surface area (Å²) in [6.07, 6.45) is -3.73. The number of carbonyl (C=O) groups is 1. The first kappa shape index (κ1) is 18.8.